The summed E-state index contributed by atoms with van der Waals surface area (Å²) >= 11 is 8.41. The Morgan fingerprint density at radius 2 is 1.42 bits per heavy atom. The number of hydrogen-bond donors (Lipinski definition) is 2. The Labute approximate surface area is 308 Å². The Morgan fingerprint density at radius 3 is 2.19 bits per heavy atom. The van der Waals surface area contributed by atoms with Crippen molar-refractivity contribution in [1.29, 1.82) is 0 Å². The lowest BCUT2D eigenvalue weighted by Gasteiger charge is -2.39. The first-order valence-corrected chi connectivity index (χ1v) is 18.7. The number of amides is 2. The first kappa shape index (κ1) is 34.2. The number of fused-ring (bicyclic) bond motifs is 2. The van der Waals surface area contributed by atoms with E-state index in [4.69, 9.17) is 16.6 Å². The Balaban J connectivity index is 0.992. The molecule has 0 saturated carbocycles. The van der Waals surface area contributed by atoms with Crippen molar-refractivity contribution in [3.63, 3.8) is 0 Å². The summed E-state index contributed by atoms with van der Waals surface area (Å²) in [7, 11) is 0. The van der Waals surface area contributed by atoms with E-state index in [2.05, 4.69) is 35.4 Å². The van der Waals surface area contributed by atoms with Crippen LogP contribution in [0.4, 0.5) is 34.8 Å². The number of rotatable bonds is 7. The lowest BCUT2D eigenvalue weighted by molar-refractivity contribution is -0.121. The molecule has 2 amide bonds. The second-order valence-corrected chi connectivity index (χ2v) is 15.4. The van der Waals surface area contributed by atoms with Crippen molar-refractivity contribution in [3.8, 4) is 0 Å². The lowest BCUT2D eigenvalue weighted by atomic mass is 9.85. The van der Waals surface area contributed by atoms with Crippen molar-refractivity contribution in [2.45, 2.75) is 25.2 Å². The number of nitrogens with zero attached hydrogens (tertiary/aromatic N) is 6. The van der Waals surface area contributed by atoms with Crippen molar-refractivity contribution in [3.05, 3.63) is 95.3 Å². The van der Waals surface area contributed by atoms with Crippen LogP contribution in [0.1, 0.15) is 30.9 Å². The van der Waals surface area contributed by atoms with Gasteiger partial charge < -0.3 is 20.4 Å². The maximum Gasteiger partial charge on any atom is 0.231 e. The molecule has 0 aliphatic carbocycles. The van der Waals surface area contributed by atoms with Gasteiger partial charge in [0.1, 0.15) is 22.7 Å². The van der Waals surface area contributed by atoms with Crippen molar-refractivity contribution < 1.29 is 22.8 Å². The highest BCUT2D eigenvalue weighted by Gasteiger charge is 2.35. The molecule has 2 saturated heterocycles. The quantitative estimate of drug-likeness (QED) is 0.169. The van der Waals surface area contributed by atoms with E-state index in [1.165, 1.54) is 29.5 Å². The minimum absolute atomic E-state index is 0.0274. The first-order chi connectivity index (χ1) is 25.2. The molecule has 0 spiro atoms. The zero-order valence-electron chi connectivity index (χ0n) is 27.4. The van der Waals surface area contributed by atoms with E-state index < -0.39 is 23.4 Å². The molecule has 0 bridgehead atoms. The molecular formula is C36H30ClF3N8O2S2. The lowest BCUT2D eigenvalue weighted by Crippen LogP contribution is -2.44. The van der Waals surface area contributed by atoms with Crippen LogP contribution in [0.15, 0.2) is 67.1 Å². The van der Waals surface area contributed by atoms with Crippen LogP contribution in [-0.2, 0) is 9.59 Å². The second-order valence-electron chi connectivity index (χ2n) is 12.9. The van der Waals surface area contributed by atoms with Crippen LogP contribution in [0.25, 0.3) is 20.4 Å². The van der Waals surface area contributed by atoms with E-state index in [1.54, 1.807) is 18.6 Å². The molecule has 2 fully saturated rings. The zero-order chi connectivity index (χ0) is 35.9. The highest BCUT2D eigenvalue weighted by atomic mass is 35.5. The largest absolute Gasteiger partial charge is 0.371 e. The number of thiazole rings is 2. The van der Waals surface area contributed by atoms with Crippen LogP contribution in [0.3, 0.4) is 0 Å². The highest BCUT2D eigenvalue weighted by molar-refractivity contribution is 7.22. The van der Waals surface area contributed by atoms with Gasteiger partial charge >= 0.3 is 0 Å². The molecule has 0 radical (unpaired) electrons. The number of pyridine rings is 2. The summed E-state index contributed by atoms with van der Waals surface area (Å²) in [6.45, 7) is 2.29. The summed E-state index contributed by atoms with van der Waals surface area (Å²) in [6, 6.07) is 12.3. The third kappa shape index (κ3) is 7.12. The minimum Gasteiger partial charge on any atom is -0.371 e. The molecule has 2 aliphatic heterocycles. The number of carbonyl (C=O) groups is 2. The average Bonchev–Trinajstić information content (AvgIpc) is 3.75. The fourth-order valence-electron chi connectivity index (χ4n) is 6.99. The van der Waals surface area contributed by atoms with E-state index in [0.29, 0.717) is 52.5 Å². The van der Waals surface area contributed by atoms with Crippen molar-refractivity contribution in [2.24, 2.45) is 11.8 Å². The molecule has 266 valence electrons. The monoisotopic (exact) mass is 762 g/mol. The Kier molecular flexibility index (Phi) is 9.40. The summed E-state index contributed by atoms with van der Waals surface area (Å²) < 4.78 is 42.7. The van der Waals surface area contributed by atoms with E-state index in [-0.39, 0.29) is 39.3 Å². The summed E-state index contributed by atoms with van der Waals surface area (Å²) in [5.41, 5.74) is 3.14. The van der Waals surface area contributed by atoms with Crippen LogP contribution < -0.4 is 20.4 Å². The number of benzene rings is 2. The number of piperidine rings is 2. The first-order valence-electron chi connectivity index (χ1n) is 16.7. The third-order valence-corrected chi connectivity index (χ3v) is 11.6. The SMILES string of the molecule is O=C(Nc1nc2c(F)cc(F)cc2s1)C1CCCN(c2ccnc(C3CC(C(=O)Nc4nc5c(Cl)cc(F)cc5s4)CN(c4ccncc4)C3)c2)C1. The molecule has 8 rings (SSSR count). The van der Waals surface area contributed by atoms with Crippen LogP contribution in [0, 0.1) is 29.3 Å². The van der Waals surface area contributed by atoms with Gasteiger partial charge in [-0.3, -0.25) is 19.6 Å². The zero-order valence-corrected chi connectivity index (χ0v) is 29.7. The topological polar surface area (TPSA) is 116 Å². The Morgan fingerprint density at radius 1 is 0.769 bits per heavy atom. The fourth-order valence-corrected chi connectivity index (χ4v) is 9.12. The number of hydrogen-bond acceptors (Lipinski definition) is 10. The fraction of sp³-hybridized carbons (Fsp3) is 0.278. The van der Waals surface area contributed by atoms with Gasteiger partial charge in [0.2, 0.25) is 11.8 Å². The molecule has 4 aromatic heterocycles. The molecule has 10 nitrogen and oxygen atoms in total. The summed E-state index contributed by atoms with van der Waals surface area (Å²) in [6.07, 6.45) is 7.17. The van der Waals surface area contributed by atoms with E-state index >= 15 is 0 Å². The summed E-state index contributed by atoms with van der Waals surface area (Å²) in [4.78, 5) is 49.0. The molecule has 52 heavy (non-hydrogen) atoms. The molecular weight excluding hydrogens is 733 g/mol. The van der Waals surface area contributed by atoms with Crippen molar-refractivity contribution in [2.75, 3.05) is 46.6 Å². The summed E-state index contributed by atoms with van der Waals surface area (Å²) in [5.74, 6) is -3.25. The molecule has 16 heteroatoms. The second kappa shape index (κ2) is 14.3. The van der Waals surface area contributed by atoms with Gasteiger partial charge in [0.25, 0.3) is 0 Å². The predicted octanol–water partition coefficient (Wildman–Crippen LogP) is 7.87. The van der Waals surface area contributed by atoms with Gasteiger partial charge in [-0.2, -0.15) is 0 Å². The van der Waals surface area contributed by atoms with Gasteiger partial charge in [0.05, 0.1) is 26.3 Å². The molecule has 2 aliphatic rings. The van der Waals surface area contributed by atoms with Gasteiger partial charge in [0.15, 0.2) is 16.1 Å². The number of aromatic nitrogens is 4. The molecule has 6 aromatic rings. The third-order valence-electron chi connectivity index (χ3n) is 9.48. The van der Waals surface area contributed by atoms with Gasteiger partial charge in [-0.05, 0) is 61.7 Å². The maximum atomic E-state index is 14.2. The molecule has 6 heterocycles. The predicted molar refractivity (Wildman–Crippen MR) is 198 cm³/mol. The Hall–Kier alpha value is -4.86. The smallest absolute Gasteiger partial charge is 0.231 e. The molecule has 3 unspecified atom stereocenters. The van der Waals surface area contributed by atoms with Gasteiger partial charge in [-0.15, -0.1) is 0 Å². The number of halogens is 4. The van der Waals surface area contributed by atoms with E-state index in [9.17, 15) is 22.8 Å². The number of anilines is 4. The maximum absolute atomic E-state index is 14.2. The van der Waals surface area contributed by atoms with Gasteiger partial charge in [-0.25, -0.2) is 23.1 Å². The summed E-state index contributed by atoms with van der Waals surface area (Å²) in [5, 5.41) is 6.51. The minimum atomic E-state index is -0.769. The van der Waals surface area contributed by atoms with E-state index in [1.807, 2.05) is 24.3 Å². The molecule has 2 aromatic carbocycles. The number of carbonyl (C=O) groups excluding carboxylic acids is 2. The number of nitrogens with one attached hydrogen (secondary N) is 2. The normalized spacial score (nSPS) is 19.3. The van der Waals surface area contributed by atoms with Gasteiger partial charge in [0, 0.05) is 73.8 Å². The standard InChI is InChI=1S/C36H30ClF3N8O2S2/c37-26-11-22(38)13-29-31(26)43-35(51-29)46-34(50)21-10-20(17-48(18-21)24-3-6-41-7-4-24)28-15-25(5-8-42-28)47-9-1-2-19(16-47)33(49)45-36-44-32-27(40)12-23(39)14-30(32)52-36/h3-8,11-15,19-21H,1-2,9-10,16-18H2,(H,43,46,50)(H,44,45,49). The van der Waals surface area contributed by atoms with E-state index in [0.717, 1.165) is 47.4 Å². The molecule has 3 atom stereocenters. The van der Waals surface area contributed by atoms with Crippen LogP contribution >= 0.6 is 34.3 Å². The average molecular weight is 763 g/mol. The van der Waals surface area contributed by atoms with Crippen LogP contribution in [-0.4, -0.2) is 57.9 Å². The highest BCUT2D eigenvalue weighted by Crippen LogP contribution is 2.37. The van der Waals surface area contributed by atoms with Crippen molar-refractivity contribution >= 4 is 88.2 Å². The van der Waals surface area contributed by atoms with Gasteiger partial charge in [-0.1, -0.05) is 34.3 Å². The Bertz CT molecular complexity index is 2310. The van der Waals surface area contributed by atoms with Crippen LogP contribution in [0.5, 0.6) is 0 Å². The van der Waals surface area contributed by atoms with Crippen molar-refractivity contribution in [1.82, 2.24) is 19.9 Å². The molecule has 2 N–H and O–H groups in total. The van der Waals surface area contributed by atoms with Crippen LogP contribution in [0.2, 0.25) is 5.02 Å².